The van der Waals surface area contributed by atoms with E-state index in [1.807, 2.05) is 26.8 Å². The molecule has 1 N–H and O–H groups in total. The van der Waals surface area contributed by atoms with Crippen molar-refractivity contribution >= 4 is 46.8 Å². The minimum absolute atomic E-state index is 0.0240. The molecule has 0 saturated carbocycles. The summed E-state index contributed by atoms with van der Waals surface area (Å²) < 4.78 is 0. The van der Waals surface area contributed by atoms with Gasteiger partial charge in [0.05, 0.1) is 11.4 Å². The van der Waals surface area contributed by atoms with Gasteiger partial charge in [0.2, 0.25) is 17.7 Å². The van der Waals surface area contributed by atoms with E-state index in [0.29, 0.717) is 29.4 Å². The Morgan fingerprint density at radius 2 is 2.19 bits per heavy atom. The summed E-state index contributed by atoms with van der Waals surface area (Å²) in [6.07, 6.45) is 1.24. The van der Waals surface area contributed by atoms with E-state index in [1.54, 1.807) is 28.8 Å². The van der Waals surface area contributed by atoms with Gasteiger partial charge in [-0.25, -0.2) is 0 Å². The van der Waals surface area contributed by atoms with Crippen molar-refractivity contribution in [2.75, 3.05) is 24.2 Å². The quantitative estimate of drug-likeness (QED) is 0.811. The molecule has 2 saturated heterocycles. The van der Waals surface area contributed by atoms with Crippen LogP contribution in [0.4, 0.5) is 5.69 Å². The number of rotatable bonds is 5. The fourth-order valence-corrected chi connectivity index (χ4v) is 5.25. The monoisotopic (exact) mass is 409 g/mol. The third-order valence-electron chi connectivity index (χ3n) is 5.23. The summed E-state index contributed by atoms with van der Waals surface area (Å²) in [5, 5.41) is 3.36. The summed E-state index contributed by atoms with van der Waals surface area (Å²) >= 11 is 7.64. The SMILES string of the molecule is CCN(CC(=O)Nc1cc(Cl)ccc1C)C(=O)[C@H]1CS[C@]2(C)CCC(=O)N12. The highest BCUT2D eigenvalue weighted by molar-refractivity contribution is 8.01. The average Bonchev–Trinajstić information content (AvgIpc) is 3.11. The van der Waals surface area contributed by atoms with Crippen LogP contribution in [0.3, 0.4) is 0 Å². The van der Waals surface area contributed by atoms with Crippen LogP contribution in [0.1, 0.15) is 32.3 Å². The predicted octanol–water partition coefficient (Wildman–Crippen LogP) is 2.89. The van der Waals surface area contributed by atoms with Gasteiger partial charge in [0, 0.05) is 29.4 Å². The summed E-state index contributed by atoms with van der Waals surface area (Å²) in [7, 11) is 0. The topological polar surface area (TPSA) is 69.7 Å². The lowest BCUT2D eigenvalue weighted by Gasteiger charge is -2.32. The molecule has 3 amide bonds. The van der Waals surface area contributed by atoms with E-state index in [0.717, 1.165) is 12.0 Å². The van der Waals surface area contributed by atoms with Gasteiger partial charge in [-0.2, -0.15) is 0 Å². The van der Waals surface area contributed by atoms with Crippen LogP contribution in [0.25, 0.3) is 0 Å². The number of carbonyl (C=O) groups is 3. The minimum Gasteiger partial charge on any atom is -0.332 e. The molecule has 2 aliphatic rings. The maximum absolute atomic E-state index is 13.0. The lowest BCUT2D eigenvalue weighted by atomic mass is 10.2. The molecule has 0 radical (unpaired) electrons. The zero-order valence-electron chi connectivity index (χ0n) is 15.8. The lowest BCUT2D eigenvalue weighted by molar-refractivity contribution is -0.144. The highest BCUT2D eigenvalue weighted by Gasteiger charge is 2.53. The van der Waals surface area contributed by atoms with E-state index < -0.39 is 6.04 Å². The first-order valence-corrected chi connectivity index (χ1v) is 10.4. The van der Waals surface area contributed by atoms with E-state index >= 15 is 0 Å². The summed E-state index contributed by atoms with van der Waals surface area (Å²) in [6.45, 7) is 6.08. The van der Waals surface area contributed by atoms with Crippen LogP contribution in [-0.2, 0) is 14.4 Å². The maximum Gasteiger partial charge on any atom is 0.246 e. The van der Waals surface area contributed by atoms with Gasteiger partial charge in [-0.1, -0.05) is 17.7 Å². The van der Waals surface area contributed by atoms with E-state index in [1.165, 1.54) is 4.90 Å². The molecule has 2 fully saturated rings. The van der Waals surface area contributed by atoms with E-state index in [9.17, 15) is 14.4 Å². The number of anilines is 1. The number of fused-ring (bicyclic) bond motifs is 1. The van der Waals surface area contributed by atoms with Crippen LogP contribution < -0.4 is 5.32 Å². The molecule has 0 aliphatic carbocycles. The van der Waals surface area contributed by atoms with Gasteiger partial charge >= 0.3 is 0 Å². The first-order valence-electron chi connectivity index (χ1n) is 9.06. The molecule has 2 atom stereocenters. The number of hydrogen-bond donors (Lipinski definition) is 1. The number of carbonyl (C=O) groups excluding carboxylic acids is 3. The molecule has 0 aromatic heterocycles. The molecule has 0 bridgehead atoms. The van der Waals surface area contributed by atoms with Crippen molar-refractivity contribution < 1.29 is 14.4 Å². The average molecular weight is 410 g/mol. The number of halogens is 1. The number of nitrogens with zero attached hydrogens (tertiary/aromatic N) is 2. The Morgan fingerprint density at radius 1 is 1.44 bits per heavy atom. The van der Waals surface area contributed by atoms with Crippen molar-refractivity contribution in [3.05, 3.63) is 28.8 Å². The van der Waals surface area contributed by atoms with Crippen LogP contribution in [-0.4, -0.2) is 57.3 Å². The van der Waals surface area contributed by atoms with Crippen molar-refractivity contribution in [2.24, 2.45) is 0 Å². The van der Waals surface area contributed by atoms with E-state index in [2.05, 4.69) is 5.32 Å². The molecule has 8 heteroatoms. The van der Waals surface area contributed by atoms with E-state index in [-0.39, 0.29) is 29.1 Å². The van der Waals surface area contributed by atoms with E-state index in [4.69, 9.17) is 11.6 Å². The number of thioether (sulfide) groups is 1. The molecule has 1 aromatic carbocycles. The molecular weight excluding hydrogens is 386 g/mol. The highest BCUT2D eigenvalue weighted by atomic mass is 35.5. The molecule has 2 aliphatic heterocycles. The van der Waals surface area contributed by atoms with Crippen LogP contribution in [0.15, 0.2) is 18.2 Å². The molecule has 1 aromatic rings. The first-order chi connectivity index (χ1) is 12.7. The van der Waals surface area contributed by atoms with Crippen molar-refractivity contribution in [3.8, 4) is 0 Å². The summed E-state index contributed by atoms with van der Waals surface area (Å²) in [4.78, 5) is 40.7. The third-order valence-corrected chi connectivity index (χ3v) is 6.97. The normalized spacial score (nSPS) is 24.1. The van der Waals surface area contributed by atoms with Crippen LogP contribution in [0.5, 0.6) is 0 Å². The molecule has 2 heterocycles. The fourth-order valence-electron chi connectivity index (χ4n) is 3.65. The lowest BCUT2D eigenvalue weighted by Crippen LogP contribution is -2.52. The molecule has 3 rings (SSSR count). The Hall–Kier alpha value is -1.73. The summed E-state index contributed by atoms with van der Waals surface area (Å²) in [5.74, 6) is 0.154. The van der Waals surface area contributed by atoms with Crippen molar-refractivity contribution in [1.82, 2.24) is 9.80 Å². The second-order valence-corrected chi connectivity index (χ2v) is 9.06. The highest BCUT2D eigenvalue weighted by Crippen LogP contribution is 2.47. The van der Waals surface area contributed by atoms with Gasteiger partial charge < -0.3 is 15.1 Å². The second-order valence-electron chi connectivity index (χ2n) is 7.13. The first kappa shape index (κ1) is 20.0. The largest absolute Gasteiger partial charge is 0.332 e. The van der Waals surface area contributed by atoms with Gasteiger partial charge in [0.1, 0.15) is 6.04 Å². The third kappa shape index (κ3) is 3.94. The van der Waals surface area contributed by atoms with Gasteiger partial charge in [0.15, 0.2) is 0 Å². The summed E-state index contributed by atoms with van der Waals surface area (Å²) in [6, 6.07) is 4.79. The molecule has 146 valence electrons. The molecule has 27 heavy (non-hydrogen) atoms. The number of aryl methyl sites for hydroxylation is 1. The minimum atomic E-state index is -0.490. The Balaban J connectivity index is 1.68. The smallest absolute Gasteiger partial charge is 0.246 e. The van der Waals surface area contributed by atoms with Gasteiger partial charge in [-0.15, -0.1) is 11.8 Å². The van der Waals surface area contributed by atoms with Crippen LogP contribution >= 0.6 is 23.4 Å². The maximum atomic E-state index is 13.0. The molecule has 0 spiro atoms. The van der Waals surface area contributed by atoms with Gasteiger partial charge in [-0.05, 0) is 44.9 Å². The van der Waals surface area contributed by atoms with Crippen molar-refractivity contribution in [2.45, 2.75) is 44.5 Å². The number of likely N-dealkylation sites (N-methyl/N-ethyl adjacent to an activating group) is 1. The van der Waals surface area contributed by atoms with Crippen molar-refractivity contribution in [1.29, 1.82) is 0 Å². The Bertz CT molecular complexity index is 787. The second kappa shape index (κ2) is 7.72. The standard InChI is InChI=1S/C19H24ClN3O3S/c1-4-22(10-16(24)21-14-9-13(20)6-5-12(14)2)18(26)15-11-27-19(3)8-7-17(25)23(15)19/h5-6,9,15H,4,7-8,10-11H2,1-3H3,(H,21,24)/t15-,19-/m1/s1. The van der Waals surface area contributed by atoms with Crippen LogP contribution in [0, 0.1) is 6.92 Å². The molecule has 6 nitrogen and oxygen atoms in total. The Kier molecular flexibility index (Phi) is 5.72. The molecular formula is C19H24ClN3O3S. The van der Waals surface area contributed by atoms with Gasteiger partial charge in [-0.3, -0.25) is 14.4 Å². The summed E-state index contributed by atoms with van der Waals surface area (Å²) in [5.41, 5.74) is 1.53. The number of benzene rings is 1. The Morgan fingerprint density at radius 3 is 2.89 bits per heavy atom. The van der Waals surface area contributed by atoms with Crippen LogP contribution in [0.2, 0.25) is 5.02 Å². The predicted molar refractivity (Wildman–Crippen MR) is 108 cm³/mol. The van der Waals surface area contributed by atoms with Gasteiger partial charge in [0.25, 0.3) is 0 Å². The number of nitrogens with one attached hydrogen (secondary N) is 1. The zero-order valence-corrected chi connectivity index (χ0v) is 17.3. The number of amides is 3. The molecule has 0 unspecified atom stereocenters. The van der Waals surface area contributed by atoms with Crippen molar-refractivity contribution in [3.63, 3.8) is 0 Å². The fraction of sp³-hybridized carbons (Fsp3) is 0.526. The Labute approximate surface area is 168 Å². The zero-order chi connectivity index (χ0) is 19.8. The number of hydrogen-bond acceptors (Lipinski definition) is 4.